The van der Waals surface area contributed by atoms with Crippen molar-refractivity contribution in [2.24, 2.45) is 11.7 Å². The Hall–Kier alpha value is -1.93. The van der Waals surface area contributed by atoms with Crippen LogP contribution in [-0.2, 0) is 4.79 Å². The fourth-order valence-electron chi connectivity index (χ4n) is 2.37. The second-order valence-electron chi connectivity index (χ2n) is 5.09. The van der Waals surface area contributed by atoms with Crippen LogP contribution in [0.2, 0.25) is 0 Å². The average molecular weight is 291 g/mol. The third kappa shape index (κ3) is 5.52. The molecule has 3 N–H and O–H groups in total. The van der Waals surface area contributed by atoms with Gasteiger partial charge in [-0.3, -0.25) is 4.79 Å². The van der Waals surface area contributed by atoms with Crippen molar-refractivity contribution in [3.05, 3.63) is 29.6 Å². The van der Waals surface area contributed by atoms with Gasteiger partial charge < -0.3 is 11.1 Å². The Bertz CT molecular complexity index is 505. The summed E-state index contributed by atoms with van der Waals surface area (Å²) in [4.78, 5) is 11.9. The molecule has 1 unspecified atom stereocenters. The van der Waals surface area contributed by atoms with Crippen LogP contribution in [0.25, 0.3) is 0 Å². The van der Waals surface area contributed by atoms with Gasteiger partial charge in [0.25, 0.3) is 0 Å². The molecule has 0 aliphatic heterocycles. The Labute approximate surface area is 125 Å². The van der Waals surface area contributed by atoms with Crippen molar-refractivity contribution in [1.82, 2.24) is 0 Å². The third-order valence-corrected chi connectivity index (χ3v) is 3.45. The summed E-state index contributed by atoms with van der Waals surface area (Å²) in [6.07, 6.45) is 4.13. The number of hydrogen-bond donors (Lipinski definition) is 2. The largest absolute Gasteiger partial charge is 0.330 e. The summed E-state index contributed by atoms with van der Waals surface area (Å²) in [5.41, 5.74) is 5.67. The highest BCUT2D eigenvalue weighted by Gasteiger charge is 2.13. The Kier molecular flexibility index (Phi) is 7.41. The van der Waals surface area contributed by atoms with Crippen molar-refractivity contribution in [1.29, 1.82) is 5.26 Å². The minimum Gasteiger partial charge on any atom is -0.330 e. The summed E-state index contributed by atoms with van der Waals surface area (Å²) in [6.45, 7) is 2.73. The summed E-state index contributed by atoms with van der Waals surface area (Å²) < 4.78 is 13.4. The zero-order valence-corrected chi connectivity index (χ0v) is 12.4. The standard InChI is InChI=1S/C16H22FN3O/c1-2-4-12(9-10-18)7-8-16(21)20-15-6-3-5-14(17)13(15)11-19/h3,5-6,12H,2,4,7-10,18H2,1H3,(H,20,21). The molecule has 114 valence electrons. The molecule has 0 spiro atoms. The number of nitrogens with two attached hydrogens (primary N) is 1. The van der Waals surface area contributed by atoms with E-state index >= 15 is 0 Å². The fraction of sp³-hybridized carbons (Fsp3) is 0.500. The Morgan fingerprint density at radius 3 is 2.81 bits per heavy atom. The van der Waals surface area contributed by atoms with E-state index in [4.69, 9.17) is 11.0 Å². The molecule has 0 bridgehead atoms. The lowest BCUT2D eigenvalue weighted by Gasteiger charge is -2.15. The van der Waals surface area contributed by atoms with E-state index in [-0.39, 0.29) is 17.2 Å². The van der Waals surface area contributed by atoms with E-state index in [9.17, 15) is 9.18 Å². The fourth-order valence-corrected chi connectivity index (χ4v) is 2.37. The van der Waals surface area contributed by atoms with Crippen molar-refractivity contribution in [2.45, 2.75) is 39.0 Å². The Balaban J connectivity index is 2.58. The molecule has 0 heterocycles. The van der Waals surface area contributed by atoms with Crippen LogP contribution in [0.1, 0.15) is 44.6 Å². The first-order chi connectivity index (χ1) is 10.1. The highest BCUT2D eigenvalue weighted by Crippen LogP contribution is 2.20. The zero-order valence-electron chi connectivity index (χ0n) is 12.4. The van der Waals surface area contributed by atoms with Gasteiger partial charge in [-0.1, -0.05) is 25.8 Å². The average Bonchev–Trinajstić information content (AvgIpc) is 2.45. The number of nitriles is 1. The number of nitrogens with zero attached hydrogens (tertiary/aromatic N) is 1. The number of amides is 1. The van der Waals surface area contributed by atoms with Crippen LogP contribution >= 0.6 is 0 Å². The minimum absolute atomic E-state index is 0.127. The zero-order chi connectivity index (χ0) is 15.7. The predicted octanol–water partition coefficient (Wildman–Crippen LogP) is 3.18. The van der Waals surface area contributed by atoms with Crippen LogP contribution in [0, 0.1) is 23.1 Å². The number of hydrogen-bond acceptors (Lipinski definition) is 3. The van der Waals surface area contributed by atoms with E-state index in [2.05, 4.69) is 12.2 Å². The molecule has 1 amide bonds. The smallest absolute Gasteiger partial charge is 0.224 e. The molecule has 1 atom stereocenters. The number of carbonyl (C=O) groups excluding carboxylic acids is 1. The summed E-state index contributed by atoms with van der Waals surface area (Å²) in [5, 5.41) is 11.5. The molecule has 0 aromatic heterocycles. The van der Waals surface area contributed by atoms with Gasteiger partial charge in [0, 0.05) is 6.42 Å². The van der Waals surface area contributed by atoms with E-state index in [1.165, 1.54) is 18.2 Å². The van der Waals surface area contributed by atoms with E-state index < -0.39 is 5.82 Å². The van der Waals surface area contributed by atoms with Crippen LogP contribution in [0.15, 0.2) is 18.2 Å². The molecule has 4 nitrogen and oxygen atoms in total. The second kappa shape index (κ2) is 9.09. The van der Waals surface area contributed by atoms with Crippen molar-refractivity contribution in [3.63, 3.8) is 0 Å². The van der Waals surface area contributed by atoms with Crippen molar-refractivity contribution in [3.8, 4) is 6.07 Å². The number of benzene rings is 1. The number of nitrogens with one attached hydrogen (secondary N) is 1. The molecular formula is C16H22FN3O. The molecule has 0 saturated carbocycles. The summed E-state index contributed by atoms with van der Waals surface area (Å²) in [6, 6.07) is 5.97. The maximum absolute atomic E-state index is 13.4. The second-order valence-corrected chi connectivity index (χ2v) is 5.09. The molecule has 1 rings (SSSR count). The number of rotatable bonds is 8. The third-order valence-electron chi connectivity index (χ3n) is 3.45. The van der Waals surface area contributed by atoms with Gasteiger partial charge in [-0.25, -0.2) is 4.39 Å². The minimum atomic E-state index is -0.623. The number of anilines is 1. The lowest BCUT2D eigenvalue weighted by molar-refractivity contribution is -0.116. The first-order valence-corrected chi connectivity index (χ1v) is 7.30. The summed E-state index contributed by atoms with van der Waals surface area (Å²) in [7, 11) is 0. The molecule has 1 aromatic rings. The molecule has 0 aliphatic rings. The van der Waals surface area contributed by atoms with Gasteiger partial charge >= 0.3 is 0 Å². The first-order valence-electron chi connectivity index (χ1n) is 7.30. The van der Waals surface area contributed by atoms with Gasteiger partial charge in [-0.2, -0.15) is 5.26 Å². The van der Waals surface area contributed by atoms with E-state index in [1.54, 1.807) is 6.07 Å². The van der Waals surface area contributed by atoms with E-state index in [0.29, 0.717) is 18.9 Å². The van der Waals surface area contributed by atoms with Crippen LogP contribution in [0.3, 0.4) is 0 Å². The van der Waals surface area contributed by atoms with Crippen molar-refractivity contribution >= 4 is 11.6 Å². The molecule has 0 fully saturated rings. The monoisotopic (exact) mass is 291 g/mol. The van der Waals surface area contributed by atoms with Crippen LogP contribution in [-0.4, -0.2) is 12.5 Å². The Morgan fingerprint density at radius 2 is 2.19 bits per heavy atom. The highest BCUT2D eigenvalue weighted by atomic mass is 19.1. The van der Waals surface area contributed by atoms with Crippen LogP contribution in [0.4, 0.5) is 10.1 Å². The maximum atomic E-state index is 13.4. The topological polar surface area (TPSA) is 78.9 Å². The van der Waals surface area contributed by atoms with Gasteiger partial charge in [0.1, 0.15) is 17.4 Å². The summed E-state index contributed by atoms with van der Waals surface area (Å²) >= 11 is 0. The van der Waals surface area contributed by atoms with Crippen molar-refractivity contribution in [2.75, 3.05) is 11.9 Å². The molecular weight excluding hydrogens is 269 g/mol. The van der Waals surface area contributed by atoms with E-state index in [0.717, 1.165) is 25.7 Å². The molecule has 21 heavy (non-hydrogen) atoms. The lowest BCUT2D eigenvalue weighted by Crippen LogP contribution is -2.16. The molecule has 0 radical (unpaired) electrons. The van der Waals surface area contributed by atoms with Crippen molar-refractivity contribution < 1.29 is 9.18 Å². The van der Waals surface area contributed by atoms with Gasteiger partial charge in [0.05, 0.1) is 5.69 Å². The number of halogens is 1. The highest BCUT2D eigenvalue weighted by molar-refractivity contribution is 5.92. The predicted molar refractivity (Wildman–Crippen MR) is 81.0 cm³/mol. The lowest BCUT2D eigenvalue weighted by atomic mass is 9.94. The SMILES string of the molecule is CCCC(CCN)CCC(=O)Nc1cccc(F)c1C#N. The molecule has 5 heteroatoms. The molecule has 0 aliphatic carbocycles. The van der Waals surface area contributed by atoms with Gasteiger partial charge in [0.2, 0.25) is 5.91 Å². The van der Waals surface area contributed by atoms with Gasteiger partial charge in [0.15, 0.2) is 0 Å². The normalized spacial score (nSPS) is 11.7. The Morgan fingerprint density at radius 1 is 1.43 bits per heavy atom. The number of carbonyl (C=O) groups is 1. The molecule has 1 aromatic carbocycles. The summed E-state index contributed by atoms with van der Waals surface area (Å²) in [5.74, 6) is -0.383. The van der Waals surface area contributed by atoms with Crippen LogP contribution in [0.5, 0.6) is 0 Å². The van der Waals surface area contributed by atoms with Crippen LogP contribution < -0.4 is 11.1 Å². The van der Waals surface area contributed by atoms with Gasteiger partial charge in [-0.05, 0) is 37.4 Å². The first kappa shape index (κ1) is 17.1. The van der Waals surface area contributed by atoms with E-state index in [1.807, 2.05) is 0 Å². The maximum Gasteiger partial charge on any atom is 0.224 e. The quantitative estimate of drug-likeness (QED) is 0.772. The van der Waals surface area contributed by atoms with Gasteiger partial charge in [-0.15, -0.1) is 0 Å². The molecule has 0 saturated heterocycles.